The van der Waals surface area contributed by atoms with E-state index in [-0.39, 0.29) is 49.1 Å². The zero-order chi connectivity index (χ0) is 38.0. The van der Waals surface area contributed by atoms with Gasteiger partial charge in [0.15, 0.2) is 0 Å². The Labute approximate surface area is 345 Å². The Hall–Kier alpha value is -2.84. The van der Waals surface area contributed by atoms with Crippen LogP contribution in [-0.4, -0.2) is 68.8 Å². The second-order valence-corrected chi connectivity index (χ2v) is 15.3. The largest absolute Gasteiger partial charge is 2.00 e. The molecule has 0 aliphatic rings. The molecular formula is C40H50CaO10S2. The molecular weight excluding hydrogens is 745 g/mol. The third kappa shape index (κ3) is 16.6. The van der Waals surface area contributed by atoms with Crippen LogP contribution in [0.15, 0.2) is 94.7 Å². The number of hydrogen-bond acceptors (Lipinski definition) is 9. The molecule has 53 heavy (non-hydrogen) atoms. The summed E-state index contributed by atoms with van der Waals surface area (Å²) in [6, 6.07) is 23.2. The van der Waals surface area contributed by atoms with Crippen LogP contribution >= 0.6 is 0 Å². The number of phenols is 1. The minimum Gasteiger partial charge on any atom is -0.872 e. The maximum Gasteiger partial charge on any atom is 2.00 e. The monoisotopic (exact) mass is 794 g/mol. The molecule has 0 fully saturated rings. The molecule has 4 aromatic rings. The normalized spacial score (nSPS) is 11.2. The average Bonchev–Trinajstić information content (AvgIpc) is 3.07. The molecule has 0 unspecified atom stereocenters. The predicted octanol–water partition coefficient (Wildman–Crippen LogP) is 9.31. The Morgan fingerprint density at radius 3 is 1.38 bits per heavy atom. The van der Waals surface area contributed by atoms with E-state index < -0.39 is 41.5 Å². The summed E-state index contributed by atoms with van der Waals surface area (Å²) >= 11 is 0. The van der Waals surface area contributed by atoms with Crippen molar-refractivity contribution in [1.82, 2.24) is 0 Å². The van der Waals surface area contributed by atoms with Crippen molar-refractivity contribution in [3.8, 4) is 34.5 Å². The molecule has 13 heteroatoms. The van der Waals surface area contributed by atoms with Crippen molar-refractivity contribution in [2.45, 2.75) is 114 Å². The maximum atomic E-state index is 12.2. The van der Waals surface area contributed by atoms with Gasteiger partial charge in [-0.1, -0.05) is 120 Å². The van der Waals surface area contributed by atoms with Gasteiger partial charge in [0.2, 0.25) is 0 Å². The molecule has 0 spiro atoms. The standard InChI is InChI=1S/2C20H26O5S.Ca/c2*1-2-3-4-5-6-8-11-16-14-18(25-17-12-9-7-10-13-17)15-19(21)20(16)26(22,23)24;/h2*7,9-10,12-15,21H,2-6,8,11H2,1H3,(H,22,23,24);/q;;+2/p-2. The third-order valence-electron chi connectivity index (χ3n) is 8.29. The summed E-state index contributed by atoms with van der Waals surface area (Å²) in [5, 5.41) is 22.4. The molecule has 10 nitrogen and oxygen atoms in total. The van der Waals surface area contributed by atoms with Crippen LogP contribution in [0.25, 0.3) is 0 Å². The number of phenolic OH excluding ortho intramolecular Hbond substituents is 1. The molecule has 0 aliphatic carbocycles. The summed E-state index contributed by atoms with van der Waals surface area (Å²) < 4.78 is 78.7. The van der Waals surface area contributed by atoms with E-state index >= 15 is 0 Å². The number of ether oxygens (including phenoxy) is 2. The minimum absolute atomic E-state index is 0. The smallest absolute Gasteiger partial charge is 0.872 e. The first-order valence-electron chi connectivity index (χ1n) is 17.9. The second-order valence-electron chi connectivity index (χ2n) is 12.6. The van der Waals surface area contributed by atoms with E-state index in [2.05, 4.69) is 13.8 Å². The molecule has 284 valence electrons. The Bertz CT molecular complexity index is 1750. The van der Waals surface area contributed by atoms with Gasteiger partial charge in [0.05, 0.1) is 0 Å². The number of para-hydroxylation sites is 2. The number of benzene rings is 4. The zero-order valence-electron chi connectivity index (χ0n) is 30.7. The van der Waals surface area contributed by atoms with Gasteiger partial charge >= 0.3 is 37.7 Å². The molecule has 0 aromatic heterocycles. The molecule has 0 amide bonds. The van der Waals surface area contributed by atoms with E-state index in [1.54, 1.807) is 42.5 Å². The summed E-state index contributed by atoms with van der Waals surface area (Å²) in [5.41, 5.74) is 0.614. The molecule has 4 aromatic carbocycles. The molecule has 0 saturated carbocycles. The zero-order valence-corrected chi connectivity index (χ0v) is 34.5. The van der Waals surface area contributed by atoms with Crippen LogP contribution in [0.1, 0.15) is 102 Å². The van der Waals surface area contributed by atoms with Crippen molar-refractivity contribution in [1.29, 1.82) is 0 Å². The summed E-state index contributed by atoms with van der Waals surface area (Å²) in [6.45, 7) is 4.29. The molecule has 0 atom stereocenters. The van der Waals surface area contributed by atoms with Gasteiger partial charge in [-0.3, -0.25) is 4.55 Å². The fraction of sp³-hybridized carbons (Fsp3) is 0.400. The maximum absolute atomic E-state index is 12.2. The van der Waals surface area contributed by atoms with E-state index in [0.29, 0.717) is 35.7 Å². The van der Waals surface area contributed by atoms with Crippen LogP contribution in [0, 0.1) is 0 Å². The molecule has 2 N–H and O–H groups in total. The van der Waals surface area contributed by atoms with Gasteiger partial charge in [-0.25, -0.2) is 8.42 Å². The Morgan fingerprint density at radius 1 is 0.566 bits per heavy atom. The Balaban J connectivity index is 0.000000360. The molecule has 0 saturated heterocycles. The molecule has 4 rings (SSSR count). The molecule has 0 aliphatic heterocycles. The van der Waals surface area contributed by atoms with E-state index in [1.165, 1.54) is 31.4 Å². The van der Waals surface area contributed by atoms with Crippen molar-refractivity contribution >= 4 is 58.0 Å². The number of aryl methyl sites for hydroxylation is 2. The topological polar surface area (TPSA) is 173 Å². The van der Waals surface area contributed by atoms with Crippen molar-refractivity contribution in [2.24, 2.45) is 0 Å². The number of hydrogen-bond donors (Lipinski definition) is 2. The van der Waals surface area contributed by atoms with Gasteiger partial charge in [-0.05, 0) is 79.3 Å². The van der Waals surface area contributed by atoms with Crippen molar-refractivity contribution in [2.75, 3.05) is 0 Å². The Kier molecular flexibility index (Phi) is 20.8. The van der Waals surface area contributed by atoms with Gasteiger partial charge in [-0.2, -0.15) is 8.42 Å². The van der Waals surface area contributed by atoms with Crippen molar-refractivity contribution in [3.05, 3.63) is 96.1 Å². The summed E-state index contributed by atoms with van der Waals surface area (Å²) in [5.74, 6) is 0.389. The summed E-state index contributed by atoms with van der Waals surface area (Å²) in [4.78, 5) is -1.07. The fourth-order valence-electron chi connectivity index (χ4n) is 5.79. The van der Waals surface area contributed by atoms with Gasteiger partial charge in [0, 0.05) is 11.0 Å². The first-order valence-corrected chi connectivity index (χ1v) is 20.8. The van der Waals surface area contributed by atoms with E-state index in [4.69, 9.17) is 9.47 Å². The number of rotatable bonds is 20. The third-order valence-corrected chi connectivity index (χ3v) is 10.2. The second kappa shape index (κ2) is 23.8. The van der Waals surface area contributed by atoms with E-state index in [1.807, 2.05) is 24.3 Å². The minimum atomic E-state index is -4.82. The summed E-state index contributed by atoms with van der Waals surface area (Å²) in [7, 11) is -9.33. The van der Waals surface area contributed by atoms with Crippen molar-refractivity contribution in [3.63, 3.8) is 0 Å². The quantitative estimate of drug-likeness (QED) is 0.0499. The van der Waals surface area contributed by atoms with Crippen LogP contribution in [0.3, 0.4) is 0 Å². The van der Waals surface area contributed by atoms with Gasteiger partial charge in [0.25, 0.3) is 10.1 Å². The van der Waals surface area contributed by atoms with Gasteiger partial charge < -0.3 is 24.2 Å². The van der Waals surface area contributed by atoms with Crippen LogP contribution in [-0.2, 0) is 33.1 Å². The van der Waals surface area contributed by atoms with E-state index in [9.17, 15) is 36.2 Å². The van der Waals surface area contributed by atoms with Crippen LogP contribution < -0.4 is 14.6 Å². The average molecular weight is 795 g/mol. The van der Waals surface area contributed by atoms with Crippen LogP contribution in [0.2, 0.25) is 0 Å². The molecule has 0 heterocycles. The predicted molar refractivity (Wildman–Crippen MR) is 205 cm³/mol. The van der Waals surface area contributed by atoms with Crippen LogP contribution in [0.5, 0.6) is 34.5 Å². The Morgan fingerprint density at radius 2 is 0.962 bits per heavy atom. The summed E-state index contributed by atoms with van der Waals surface area (Å²) in [6.07, 6.45) is 13.3. The first-order chi connectivity index (χ1) is 24.8. The molecule has 0 radical (unpaired) electrons. The van der Waals surface area contributed by atoms with Crippen molar-refractivity contribution < 1.29 is 45.6 Å². The van der Waals surface area contributed by atoms with Gasteiger partial charge in [0.1, 0.15) is 43.8 Å². The number of aromatic hydroxyl groups is 1. The van der Waals surface area contributed by atoms with Gasteiger partial charge in [-0.15, -0.1) is 0 Å². The van der Waals surface area contributed by atoms with Crippen LogP contribution in [0.4, 0.5) is 0 Å². The molecule has 0 bridgehead atoms. The SMILES string of the molecule is CCCCCCCCc1cc(Oc2ccccc2)cc(O)c1S(=O)(=O)O.CCCCCCCCc1cc(Oc2ccccc2)cc([O-])c1S(=O)(=O)[O-].[Ca+2]. The first kappa shape index (κ1) is 46.3. The number of unbranched alkanes of at least 4 members (excludes halogenated alkanes) is 10. The van der Waals surface area contributed by atoms with E-state index in [0.717, 1.165) is 63.9 Å². The fourth-order valence-corrected chi connectivity index (χ4v) is 7.39.